The summed E-state index contributed by atoms with van der Waals surface area (Å²) in [6.07, 6.45) is 3.36. The van der Waals surface area contributed by atoms with Crippen LogP contribution in [0, 0.1) is 0 Å². The average Bonchev–Trinajstić information content (AvgIpc) is 2.75. The van der Waals surface area contributed by atoms with Crippen LogP contribution in [0.1, 0.15) is 37.9 Å². The molecule has 3 rings (SSSR count). The summed E-state index contributed by atoms with van der Waals surface area (Å²) < 4.78 is 0. The average molecular weight is 295 g/mol. The van der Waals surface area contributed by atoms with E-state index in [1.54, 1.807) is 6.92 Å². The van der Waals surface area contributed by atoms with Gasteiger partial charge in [-0.15, -0.1) is 0 Å². The van der Waals surface area contributed by atoms with Crippen molar-refractivity contribution in [2.45, 2.75) is 38.3 Å². The Hall–Kier alpha value is -0.770. The van der Waals surface area contributed by atoms with Crippen LogP contribution in [0.5, 0.6) is 0 Å². The van der Waals surface area contributed by atoms with Gasteiger partial charge in [0.2, 0.25) is 0 Å². The largest absolute Gasteiger partial charge is 0.389 e. The van der Waals surface area contributed by atoms with Crippen molar-refractivity contribution in [3.63, 3.8) is 0 Å². The van der Waals surface area contributed by atoms with E-state index in [-0.39, 0.29) is 0 Å². The molecule has 2 aliphatic heterocycles. The lowest BCUT2D eigenvalue weighted by molar-refractivity contribution is 0.199. The van der Waals surface area contributed by atoms with Gasteiger partial charge >= 0.3 is 0 Å². The van der Waals surface area contributed by atoms with E-state index in [1.165, 1.54) is 38.0 Å². The van der Waals surface area contributed by atoms with Crippen LogP contribution in [0.3, 0.4) is 0 Å². The van der Waals surface area contributed by atoms with Crippen molar-refractivity contribution < 1.29 is 5.11 Å². The number of aliphatic hydroxyl groups is 1. The van der Waals surface area contributed by atoms with Gasteiger partial charge in [-0.2, -0.15) is 0 Å². The second-order valence-electron chi connectivity index (χ2n) is 6.01. The number of hydrogen-bond donors (Lipinski definition) is 1. The van der Waals surface area contributed by atoms with Crippen molar-refractivity contribution in [1.29, 1.82) is 0 Å². The Bertz CT molecular complexity index is 478. The van der Waals surface area contributed by atoms with Crippen LogP contribution in [-0.2, 0) is 0 Å². The molecule has 0 aromatic heterocycles. The van der Waals surface area contributed by atoms with Crippen LogP contribution in [-0.4, -0.2) is 42.2 Å². The maximum Gasteiger partial charge on any atom is 0.0776 e. The number of nitrogens with zero attached hydrogens (tertiary/aromatic N) is 2. The first kappa shape index (κ1) is 14.2. The molecule has 2 heterocycles. The molecule has 110 valence electrons. The minimum absolute atomic E-state index is 0.508. The predicted octanol–water partition coefficient (Wildman–Crippen LogP) is 3.07. The number of aliphatic hydroxyl groups excluding tert-OH is 1. The summed E-state index contributed by atoms with van der Waals surface area (Å²) in [5.41, 5.74) is 2.00. The van der Waals surface area contributed by atoms with E-state index in [9.17, 15) is 5.11 Å². The molecule has 2 atom stereocenters. The Kier molecular flexibility index (Phi) is 4.20. The van der Waals surface area contributed by atoms with Crippen LogP contribution < -0.4 is 4.90 Å². The number of benzene rings is 1. The van der Waals surface area contributed by atoms with Crippen molar-refractivity contribution in [2.24, 2.45) is 0 Å². The zero-order valence-corrected chi connectivity index (χ0v) is 12.8. The minimum Gasteiger partial charge on any atom is -0.389 e. The fourth-order valence-electron chi connectivity index (χ4n) is 3.49. The summed E-state index contributed by atoms with van der Waals surface area (Å²) in [4.78, 5) is 5.08. The topological polar surface area (TPSA) is 26.7 Å². The van der Waals surface area contributed by atoms with E-state index < -0.39 is 6.10 Å². The van der Waals surface area contributed by atoms with E-state index >= 15 is 0 Å². The monoisotopic (exact) mass is 294 g/mol. The van der Waals surface area contributed by atoms with Gasteiger partial charge in [0.25, 0.3) is 0 Å². The fourth-order valence-corrected chi connectivity index (χ4v) is 3.83. The maximum absolute atomic E-state index is 9.67. The minimum atomic E-state index is -0.508. The number of rotatable bonds is 2. The van der Waals surface area contributed by atoms with Crippen molar-refractivity contribution >= 4 is 17.3 Å². The summed E-state index contributed by atoms with van der Waals surface area (Å²) >= 11 is 6.30. The molecule has 20 heavy (non-hydrogen) atoms. The molecule has 2 fully saturated rings. The zero-order chi connectivity index (χ0) is 14.1. The first-order valence-electron chi connectivity index (χ1n) is 7.61. The molecule has 3 nitrogen and oxygen atoms in total. The van der Waals surface area contributed by atoms with Gasteiger partial charge in [-0.1, -0.05) is 17.7 Å². The third-order valence-electron chi connectivity index (χ3n) is 4.60. The van der Waals surface area contributed by atoms with Crippen LogP contribution in [0.4, 0.5) is 5.69 Å². The highest BCUT2D eigenvalue weighted by atomic mass is 35.5. The number of fused-ring (bicyclic) bond motifs is 1. The fraction of sp³-hybridized carbons (Fsp3) is 0.625. The molecule has 4 heteroatoms. The second kappa shape index (κ2) is 5.92. The number of halogens is 1. The van der Waals surface area contributed by atoms with Gasteiger partial charge in [-0.25, -0.2) is 0 Å². The van der Waals surface area contributed by atoms with E-state index in [0.29, 0.717) is 11.1 Å². The standard InChI is InChI=1S/C16H23ClN2O/c1-12(20)15-6-5-13(10-16(15)17)19-9-3-8-18-7-2-4-14(18)11-19/h5-6,10,12,14,20H,2-4,7-9,11H2,1H3. The molecule has 0 bridgehead atoms. The summed E-state index contributed by atoms with van der Waals surface area (Å²) in [6.45, 7) is 6.44. The Morgan fingerprint density at radius 2 is 2.05 bits per heavy atom. The molecule has 1 aromatic rings. The molecule has 0 aliphatic carbocycles. The first-order chi connectivity index (χ1) is 9.65. The molecule has 2 saturated heterocycles. The van der Waals surface area contributed by atoms with Gasteiger partial charge in [0, 0.05) is 36.4 Å². The quantitative estimate of drug-likeness (QED) is 0.908. The Labute approximate surface area is 126 Å². The van der Waals surface area contributed by atoms with Crippen LogP contribution >= 0.6 is 11.6 Å². The van der Waals surface area contributed by atoms with Gasteiger partial charge in [0.05, 0.1) is 6.10 Å². The summed E-state index contributed by atoms with van der Waals surface area (Å²) in [6, 6.07) is 6.76. The third kappa shape index (κ3) is 2.80. The maximum atomic E-state index is 9.67. The molecule has 0 spiro atoms. The normalized spacial score (nSPS) is 25.4. The van der Waals surface area contributed by atoms with Crippen molar-refractivity contribution in [3.8, 4) is 0 Å². The van der Waals surface area contributed by atoms with E-state index in [1.807, 2.05) is 12.1 Å². The lowest BCUT2D eigenvalue weighted by atomic mass is 10.1. The molecule has 1 aromatic carbocycles. The van der Waals surface area contributed by atoms with Crippen LogP contribution in [0.25, 0.3) is 0 Å². The number of hydrogen-bond acceptors (Lipinski definition) is 3. The summed E-state index contributed by atoms with van der Waals surface area (Å²) in [7, 11) is 0. The van der Waals surface area contributed by atoms with Crippen molar-refractivity contribution in [1.82, 2.24) is 4.90 Å². The highest BCUT2D eigenvalue weighted by Gasteiger charge is 2.28. The molecular weight excluding hydrogens is 272 g/mol. The Morgan fingerprint density at radius 1 is 1.25 bits per heavy atom. The second-order valence-corrected chi connectivity index (χ2v) is 6.42. The van der Waals surface area contributed by atoms with Crippen molar-refractivity contribution in [3.05, 3.63) is 28.8 Å². The van der Waals surface area contributed by atoms with E-state index in [0.717, 1.165) is 18.7 Å². The lowest BCUT2D eigenvalue weighted by Gasteiger charge is -2.27. The van der Waals surface area contributed by atoms with Gasteiger partial charge < -0.3 is 10.0 Å². The van der Waals surface area contributed by atoms with Crippen LogP contribution in [0.2, 0.25) is 5.02 Å². The Balaban J connectivity index is 1.79. The molecule has 1 N–H and O–H groups in total. The molecule has 0 saturated carbocycles. The molecule has 0 amide bonds. The molecule has 2 unspecified atom stereocenters. The molecule has 2 aliphatic rings. The van der Waals surface area contributed by atoms with Crippen LogP contribution in [0.15, 0.2) is 18.2 Å². The first-order valence-corrected chi connectivity index (χ1v) is 7.99. The summed E-state index contributed by atoms with van der Waals surface area (Å²) in [5.74, 6) is 0. The third-order valence-corrected chi connectivity index (χ3v) is 4.93. The highest BCUT2D eigenvalue weighted by molar-refractivity contribution is 6.31. The zero-order valence-electron chi connectivity index (χ0n) is 12.1. The summed E-state index contributed by atoms with van der Waals surface area (Å²) in [5, 5.41) is 10.3. The van der Waals surface area contributed by atoms with E-state index in [4.69, 9.17) is 11.6 Å². The van der Waals surface area contributed by atoms with Gasteiger partial charge in [-0.05, 0) is 50.4 Å². The van der Waals surface area contributed by atoms with Gasteiger partial charge in [-0.3, -0.25) is 4.90 Å². The van der Waals surface area contributed by atoms with Gasteiger partial charge in [0.15, 0.2) is 0 Å². The van der Waals surface area contributed by atoms with E-state index in [2.05, 4.69) is 15.9 Å². The van der Waals surface area contributed by atoms with Crippen molar-refractivity contribution in [2.75, 3.05) is 31.1 Å². The predicted molar refractivity (Wildman–Crippen MR) is 83.5 cm³/mol. The highest BCUT2D eigenvalue weighted by Crippen LogP contribution is 2.30. The van der Waals surface area contributed by atoms with Gasteiger partial charge in [0.1, 0.15) is 0 Å². The Morgan fingerprint density at radius 3 is 2.80 bits per heavy atom. The smallest absolute Gasteiger partial charge is 0.0776 e. The lowest BCUT2D eigenvalue weighted by Crippen LogP contribution is -2.36. The molecule has 0 radical (unpaired) electrons. The molecular formula is C16H23ClN2O. The number of anilines is 1. The SMILES string of the molecule is CC(O)c1ccc(N2CCCN3CCCC3C2)cc1Cl.